The number of hydrogen-bond acceptors (Lipinski definition) is 2. The molecule has 0 unspecified atom stereocenters. The van der Waals surface area contributed by atoms with E-state index >= 15 is 0 Å². The van der Waals surface area contributed by atoms with Crippen molar-refractivity contribution in [2.45, 2.75) is 6.54 Å². The Hall–Kier alpha value is -0.580. The van der Waals surface area contributed by atoms with Crippen LogP contribution in [-0.2, 0) is 6.54 Å². The van der Waals surface area contributed by atoms with Crippen LogP contribution in [0, 0.1) is 0 Å². The molecule has 0 radical (unpaired) electrons. The van der Waals surface area contributed by atoms with E-state index in [0.29, 0.717) is 11.6 Å². The molecule has 0 atom stereocenters. The van der Waals surface area contributed by atoms with Crippen molar-refractivity contribution in [1.82, 2.24) is 14.7 Å². The molecule has 0 bridgehead atoms. The molecule has 0 aliphatic carbocycles. The molecule has 74 valence electrons. The fourth-order valence-electron chi connectivity index (χ4n) is 1.36. The summed E-state index contributed by atoms with van der Waals surface area (Å²) in [6.07, 6.45) is 1.86. The first-order chi connectivity index (χ1) is 6.72. The molecular formula is C9H9BrClN3. The lowest BCUT2D eigenvalue weighted by molar-refractivity contribution is 0.754. The Morgan fingerprint density at radius 3 is 3.07 bits per heavy atom. The molecule has 2 heterocycles. The fourth-order valence-corrected chi connectivity index (χ4v) is 2.05. The lowest BCUT2D eigenvalue weighted by atomic mass is 10.4. The SMILES string of the molecule is CNCc1nc(Br)c2ccc(Cl)cn12. The summed E-state index contributed by atoms with van der Waals surface area (Å²) in [5.74, 6) is 0.942. The number of pyridine rings is 1. The van der Waals surface area contributed by atoms with Crippen LogP contribution in [0.5, 0.6) is 0 Å². The minimum atomic E-state index is 0.708. The van der Waals surface area contributed by atoms with E-state index in [4.69, 9.17) is 11.6 Å². The Morgan fingerprint density at radius 2 is 2.36 bits per heavy atom. The van der Waals surface area contributed by atoms with Crippen LogP contribution < -0.4 is 5.32 Å². The Balaban J connectivity index is 2.66. The highest BCUT2D eigenvalue weighted by atomic mass is 79.9. The molecule has 2 aromatic heterocycles. The van der Waals surface area contributed by atoms with E-state index in [1.54, 1.807) is 0 Å². The van der Waals surface area contributed by atoms with Crippen LogP contribution in [0.25, 0.3) is 5.52 Å². The molecule has 14 heavy (non-hydrogen) atoms. The molecule has 0 spiro atoms. The topological polar surface area (TPSA) is 29.3 Å². The predicted octanol–water partition coefficient (Wildman–Crippen LogP) is 2.47. The average molecular weight is 275 g/mol. The number of rotatable bonds is 2. The first-order valence-electron chi connectivity index (χ1n) is 4.19. The molecule has 2 aromatic rings. The van der Waals surface area contributed by atoms with Crippen molar-refractivity contribution in [2.75, 3.05) is 7.05 Å². The maximum atomic E-state index is 5.92. The van der Waals surface area contributed by atoms with Gasteiger partial charge in [-0.2, -0.15) is 0 Å². The zero-order valence-electron chi connectivity index (χ0n) is 7.59. The van der Waals surface area contributed by atoms with Crippen molar-refractivity contribution in [2.24, 2.45) is 0 Å². The molecule has 0 aliphatic heterocycles. The summed E-state index contributed by atoms with van der Waals surface area (Å²) in [6.45, 7) is 0.715. The summed E-state index contributed by atoms with van der Waals surface area (Å²) in [7, 11) is 1.89. The lowest BCUT2D eigenvalue weighted by Crippen LogP contribution is -2.08. The van der Waals surface area contributed by atoms with Crippen molar-refractivity contribution in [3.63, 3.8) is 0 Å². The monoisotopic (exact) mass is 273 g/mol. The Morgan fingerprint density at radius 1 is 1.57 bits per heavy atom. The number of halogens is 2. The van der Waals surface area contributed by atoms with Crippen LogP contribution in [0.3, 0.4) is 0 Å². The molecule has 5 heteroatoms. The zero-order valence-corrected chi connectivity index (χ0v) is 9.93. The second-order valence-electron chi connectivity index (χ2n) is 2.95. The van der Waals surface area contributed by atoms with Crippen molar-refractivity contribution >= 4 is 33.0 Å². The van der Waals surface area contributed by atoms with Gasteiger partial charge >= 0.3 is 0 Å². The summed E-state index contributed by atoms with van der Waals surface area (Å²) in [4.78, 5) is 4.38. The number of aromatic nitrogens is 2. The van der Waals surface area contributed by atoms with Crippen LogP contribution in [0.4, 0.5) is 0 Å². The van der Waals surface area contributed by atoms with Gasteiger partial charge in [0.25, 0.3) is 0 Å². The van der Waals surface area contributed by atoms with Gasteiger partial charge in [0.2, 0.25) is 0 Å². The fraction of sp³-hybridized carbons (Fsp3) is 0.222. The van der Waals surface area contributed by atoms with Gasteiger partial charge < -0.3 is 5.32 Å². The third-order valence-corrected chi connectivity index (χ3v) is 2.77. The molecule has 1 N–H and O–H groups in total. The Kier molecular flexibility index (Phi) is 2.76. The van der Waals surface area contributed by atoms with Gasteiger partial charge in [-0.15, -0.1) is 0 Å². The van der Waals surface area contributed by atoms with E-state index in [-0.39, 0.29) is 0 Å². The largest absolute Gasteiger partial charge is 0.313 e. The molecular weight excluding hydrogens is 265 g/mol. The molecule has 0 fully saturated rings. The van der Waals surface area contributed by atoms with E-state index in [0.717, 1.165) is 15.9 Å². The smallest absolute Gasteiger partial charge is 0.132 e. The van der Waals surface area contributed by atoms with Gasteiger partial charge in [-0.25, -0.2) is 4.98 Å². The third kappa shape index (κ3) is 1.65. The van der Waals surface area contributed by atoms with Crippen LogP contribution in [-0.4, -0.2) is 16.4 Å². The summed E-state index contributed by atoms with van der Waals surface area (Å²) < 4.78 is 2.82. The van der Waals surface area contributed by atoms with Gasteiger partial charge in [-0.05, 0) is 35.1 Å². The molecule has 0 aliphatic rings. The normalized spacial score (nSPS) is 11.1. The highest BCUT2D eigenvalue weighted by Crippen LogP contribution is 2.21. The van der Waals surface area contributed by atoms with Gasteiger partial charge in [0.1, 0.15) is 10.4 Å². The molecule has 0 saturated heterocycles. The number of imidazole rings is 1. The summed E-state index contributed by atoms with van der Waals surface area (Å²) in [5.41, 5.74) is 1.03. The van der Waals surface area contributed by atoms with E-state index in [9.17, 15) is 0 Å². The van der Waals surface area contributed by atoms with E-state index in [2.05, 4.69) is 26.2 Å². The quantitative estimate of drug-likeness (QED) is 0.911. The maximum absolute atomic E-state index is 5.92. The van der Waals surface area contributed by atoms with Crippen molar-refractivity contribution in [3.8, 4) is 0 Å². The zero-order chi connectivity index (χ0) is 10.1. The van der Waals surface area contributed by atoms with E-state index in [1.807, 2.05) is 29.8 Å². The first kappa shape index (κ1) is 9.96. The molecule has 0 saturated carbocycles. The minimum Gasteiger partial charge on any atom is -0.313 e. The average Bonchev–Trinajstić information content (AvgIpc) is 2.44. The van der Waals surface area contributed by atoms with Crippen LogP contribution in [0.1, 0.15) is 5.82 Å². The van der Waals surface area contributed by atoms with Crippen molar-refractivity contribution in [1.29, 1.82) is 0 Å². The summed E-state index contributed by atoms with van der Waals surface area (Å²) in [5, 5.41) is 3.77. The standard InChI is InChI=1S/C9H9BrClN3/c1-12-4-8-13-9(10)7-3-2-6(11)5-14(7)8/h2-3,5,12H,4H2,1H3. The van der Waals surface area contributed by atoms with Gasteiger partial charge in [0.15, 0.2) is 0 Å². The maximum Gasteiger partial charge on any atom is 0.132 e. The van der Waals surface area contributed by atoms with Crippen LogP contribution in [0.2, 0.25) is 5.02 Å². The van der Waals surface area contributed by atoms with Crippen molar-refractivity contribution in [3.05, 3.63) is 33.8 Å². The Bertz CT molecular complexity index is 466. The van der Waals surface area contributed by atoms with E-state index in [1.165, 1.54) is 0 Å². The molecule has 2 rings (SSSR count). The number of fused-ring (bicyclic) bond motifs is 1. The number of nitrogens with one attached hydrogen (secondary N) is 1. The van der Waals surface area contributed by atoms with Crippen molar-refractivity contribution < 1.29 is 0 Å². The molecule has 0 amide bonds. The summed E-state index contributed by atoms with van der Waals surface area (Å²) >= 11 is 9.33. The molecule has 0 aromatic carbocycles. The minimum absolute atomic E-state index is 0.708. The first-order valence-corrected chi connectivity index (χ1v) is 5.36. The van der Waals surface area contributed by atoms with Gasteiger partial charge in [-0.1, -0.05) is 11.6 Å². The van der Waals surface area contributed by atoms with Crippen LogP contribution in [0.15, 0.2) is 22.9 Å². The molecule has 3 nitrogen and oxygen atoms in total. The lowest BCUT2D eigenvalue weighted by Gasteiger charge is -2.00. The second kappa shape index (κ2) is 3.88. The van der Waals surface area contributed by atoms with Crippen LogP contribution >= 0.6 is 27.5 Å². The highest BCUT2D eigenvalue weighted by molar-refractivity contribution is 9.10. The van der Waals surface area contributed by atoms with Gasteiger partial charge in [0.05, 0.1) is 17.1 Å². The van der Waals surface area contributed by atoms with Gasteiger partial charge in [0, 0.05) is 6.20 Å². The number of hydrogen-bond donors (Lipinski definition) is 1. The predicted molar refractivity (Wildman–Crippen MR) is 60.7 cm³/mol. The Labute approximate surface area is 95.2 Å². The van der Waals surface area contributed by atoms with E-state index < -0.39 is 0 Å². The number of nitrogens with zero attached hydrogens (tertiary/aromatic N) is 2. The summed E-state index contributed by atoms with van der Waals surface area (Å²) in [6, 6.07) is 3.80. The second-order valence-corrected chi connectivity index (χ2v) is 4.14. The van der Waals surface area contributed by atoms with Gasteiger partial charge in [-0.3, -0.25) is 4.40 Å². The highest BCUT2D eigenvalue weighted by Gasteiger charge is 2.07. The third-order valence-electron chi connectivity index (χ3n) is 1.96.